The Hall–Kier alpha value is -1.59. The standard InChI is InChI=1S/C18H29N3O2.ClH/c1-6-12(2)16(22)21-14-9-7-8-13(10-14)11-20-17(23)15(19)18(3,4)5;/h7-10,12,15H,6,11,19H2,1-5H3,(H,20,23)(H,21,22);1H/t12?,15-;/m1./s1. The van der Waals surface area contributed by atoms with Gasteiger partial charge in [0.2, 0.25) is 11.8 Å². The molecular formula is C18H30ClN3O2. The number of halogens is 1. The van der Waals surface area contributed by atoms with E-state index in [2.05, 4.69) is 10.6 Å². The second kappa shape index (κ2) is 9.64. The maximum atomic E-state index is 12.0. The Kier molecular flexibility index (Phi) is 9.01. The van der Waals surface area contributed by atoms with Gasteiger partial charge in [0.15, 0.2) is 0 Å². The maximum Gasteiger partial charge on any atom is 0.237 e. The molecule has 0 bridgehead atoms. The van der Waals surface area contributed by atoms with Gasteiger partial charge in [0.1, 0.15) is 0 Å². The summed E-state index contributed by atoms with van der Waals surface area (Å²) in [7, 11) is 0. The predicted molar refractivity (Wildman–Crippen MR) is 101 cm³/mol. The lowest BCUT2D eigenvalue weighted by molar-refractivity contribution is -0.124. The summed E-state index contributed by atoms with van der Waals surface area (Å²) in [6.07, 6.45) is 0.798. The van der Waals surface area contributed by atoms with Gasteiger partial charge in [0.05, 0.1) is 6.04 Å². The van der Waals surface area contributed by atoms with Crippen molar-refractivity contribution < 1.29 is 9.59 Å². The van der Waals surface area contributed by atoms with Gasteiger partial charge in [0, 0.05) is 18.2 Å². The van der Waals surface area contributed by atoms with E-state index in [0.29, 0.717) is 6.54 Å². The van der Waals surface area contributed by atoms with Crippen LogP contribution in [-0.4, -0.2) is 17.9 Å². The van der Waals surface area contributed by atoms with E-state index in [1.54, 1.807) is 0 Å². The first-order chi connectivity index (χ1) is 10.6. The lowest BCUT2D eigenvalue weighted by Crippen LogP contribution is -2.48. The Morgan fingerprint density at radius 3 is 2.38 bits per heavy atom. The molecule has 0 aliphatic carbocycles. The van der Waals surface area contributed by atoms with Gasteiger partial charge in [-0.25, -0.2) is 0 Å². The third kappa shape index (κ3) is 6.89. The first-order valence-electron chi connectivity index (χ1n) is 8.08. The molecule has 0 saturated heterocycles. The summed E-state index contributed by atoms with van der Waals surface area (Å²) in [5.74, 6) is -0.196. The molecule has 5 nitrogen and oxygen atoms in total. The van der Waals surface area contributed by atoms with Crippen LogP contribution in [0.15, 0.2) is 24.3 Å². The van der Waals surface area contributed by atoms with Gasteiger partial charge in [-0.3, -0.25) is 9.59 Å². The van der Waals surface area contributed by atoms with E-state index in [4.69, 9.17) is 5.73 Å². The summed E-state index contributed by atoms with van der Waals surface area (Å²) in [6, 6.07) is 6.91. The number of rotatable bonds is 6. The van der Waals surface area contributed by atoms with Crippen LogP contribution in [0, 0.1) is 11.3 Å². The van der Waals surface area contributed by atoms with Crippen LogP contribution in [0.3, 0.4) is 0 Å². The molecule has 6 heteroatoms. The van der Waals surface area contributed by atoms with Gasteiger partial charge in [0.25, 0.3) is 0 Å². The quantitative estimate of drug-likeness (QED) is 0.733. The molecule has 4 N–H and O–H groups in total. The van der Waals surface area contributed by atoms with Crippen LogP contribution in [-0.2, 0) is 16.1 Å². The second-order valence-corrected chi connectivity index (χ2v) is 7.06. The molecule has 1 rings (SSSR count). The van der Waals surface area contributed by atoms with Gasteiger partial charge in [-0.1, -0.05) is 46.8 Å². The lowest BCUT2D eigenvalue weighted by Gasteiger charge is -2.25. The Morgan fingerprint density at radius 1 is 1.21 bits per heavy atom. The van der Waals surface area contributed by atoms with Crippen LogP contribution in [0.5, 0.6) is 0 Å². The van der Waals surface area contributed by atoms with E-state index < -0.39 is 6.04 Å². The number of amides is 2. The molecular weight excluding hydrogens is 326 g/mol. The van der Waals surface area contributed by atoms with Crippen molar-refractivity contribution >= 4 is 29.9 Å². The van der Waals surface area contributed by atoms with Crippen molar-refractivity contribution in [3.63, 3.8) is 0 Å². The third-order valence-corrected chi connectivity index (χ3v) is 3.94. The fourth-order valence-electron chi connectivity index (χ4n) is 1.90. The average molecular weight is 356 g/mol. The van der Waals surface area contributed by atoms with Crippen molar-refractivity contribution in [3.8, 4) is 0 Å². The average Bonchev–Trinajstić information content (AvgIpc) is 2.50. The van der Waals surface area contributed by atoms with E-state index in [1.165, 1.54) is 0 Å². The molecule has 0 aliphatic heterocycles. The fourth-order valence-corrected chi connectivity index (χ4v) is 1.90. The molecule has 0 aromatic heterocycles. The van der Waals surface area contributed by atoms with Crippen LogP contribution < -0.4 is 16.4 Å². The third-order valence-electron chi connectivity index (χ3n) is 3.94. The smallest absolute Gasteiger partial charge is 0.237 e. The van der Waals surface area contributed by atoms with Crippen molar-refractivity contribution in [3.05, 3.63) is 29.8 Å². The zero-order valence-electron chi connectivity index (χ0n) is 15.2. The Bertz CT molecular complexity index is 555. The highest BCUT2D eigenvalue weighted by molar-refractivity contribution is 5.92. The predicted octanol–water partition coefficient (Wildman–Crippen LogP) is 3.08. The Balaban J connectivity index is 0.00000529. The van der Waals surface area contributed by atoms with Gasteiger partial charge in [-0.2, -0.15) is 0 Å². The minimum atomic E-state index is -0.559. The van der Waals surface area contributed by atoms with Crippen molar-refractivity contribution in [2.75, 3.05) is 5.32 Å². The summed E-state index contributed by atoms with van der Waals surface area (Å²) < 4.78 is 0. The van der Waals surface area contributed by atoms with Crippen molar-refractivity contribution in [1.29, 1.82) is 0 Å². The van der Waals surface area contributed by atoms with Crippen LogP contribution in [0.2, 0.25) is 0 Å². The normalized spacial score (nSPS) is 13.4. The van der Waals surface area contributed by atoms with Crippen LogP contribution in [0.25, 0.3) is 0 Å². The molecule has 0 aliphatic rings. The first kappa shape index (κ1) is 22.4. The van der Waals surface area contributed by atoms with Gasteiger partial charge >= 0.3 is 0 Å². The van der Waals surface area contributed by atoms with E-state index >= 15 is 0 Å². The van der Waals surface area contributed by atoms with Gasteiger partial charge < -0.3 is 16.4 Å². The second-order valence-electron chi connectivity index (χ2n) is 7.06. The zero-order valence-corrected chi connectivity index (χ0v) is 16.0. The molecule has 136 valence electrons. The summed E-state index contributed by atoms with van der Waals surface area (Å²) in [6.45, 7) is 10.1. The van der Waals surface area contributed by atoms with Gasteiger partial charge in [-0.15, -0.1) is 12.4 Å². The molecule has 0 heterocycles. The number of carbonyl (C=O) groups excluding carboxylic acids is 2. The molecule has 2 amide bonds. The fraction of sp³-hybridized carbons (Fsp3) is 0.556. The topological polar surface area (TPSA) is 84.2 Å². The number of carbonyl (C=O) groups is 2. The summed E-state index contributed by atoms with van der Waals surface area (Å²) in [5.41, 5.74) is 7.31. The van der Waals surface area contributed by atoms with Crippen molar-refractivity contribution in [2.45, 2.75) is 53.6 Å². The number of anilines is 1. The molecule has 0 radical (unpaired) electrons. The van der Waals surface area contributed by atoms with Crippen molar-refractivity contribution in [1.82, 2.24) is 5.32 Å². The zero-order chi connectivity index (χ0) is 17.6. The molecule has 0 spiro atoms. The molecule has 1 unspecified atom stereocenters. The van der Waals surface area contributed by atoms with Crippen LogP contribution in [0.1, 0.15) is 46.6 Å². The monoisotopic (exact) mass is 355 g/mol. The number of benzene rings is 1. The number of nitrogens with two attached hydrogens (primary N) is 1. The van der Waals surface area contributed by atoms with E-state index in [9.17, 15) is 9.59 Å². The molecule has 0 fully saturated rings. The molecule has 1 aromatic carbocycles. The number of nitrogens with one attached hydrogen (secondary N) is 2. The van der Waals surface area contributed by atoms with Crippen molar-refractivity contribution in [2.24, 2.45) is 17.1 Å². The first-order valence-corrected chi connectivity index (χ1v) is 8.08. The minimum absolute atomic E-state index is 0. The Labute approximate surface area is 151 Å². The highest BCUT2D eigenvalue weighted by atomic mass is 35.5. The maximum absolute atomic E-state index is 12.0. The number of hydrogen-bond donors (Lipinski definition) is 3. The van der Waals surface area contributed by atoms with Gasteiger partial charge in [-0.05, 0) is 29.5 Å². The molecule has 0 saturated carbocycles. The summed E-state index contributed by atoms with van der Waals surface area (Å²) >= 11 is 0. The highest BCUT2D eigenvalue weighted by Gasteiger charge is 2.27. The van der Waals surface area contributed by atoms with Crippen LogP contribution in [0.4, 0.5) is 5.69 Å². The van der Waals surface area contributed by atoms with E-state index in [0.717, 1.165) is 17.7 Å². The SMILES string of the molecule is CCC(C)C(=O)Nc1cccc(CNC(=O)[C@@H](N)C(C)(C)C)c1.Cl. The molecule has 24 heavy (non-hydrogen) atoms. The van der Waals surface area contributed by atoms with E-state index in [1.807, 2.05) is 58.9 Å². The van der Waals surface area contributed by atoms with Crippen LogP contribution >= 0.6 is 12.4 Å². The molecule has 1 aromatic rings. The number of hydrogen-bond acceptors (Lipinski definition) is 3. The highest BCUT2D eigenvalue weighted by Crippen LogP contribution is 2.17. The summed E-state index contributed by atoms with van der Waals surface area (Å²) in [4.78, 5) is 24.0. The summed E-state index contributed by atoms with van der Waals surface area (Å²) in [5, 5.41) is 5.73. The lowest BCUT2D eigenvalue weighted by atomic mass is 9.87. The largest absolute Gasteiger partial charge is 0.351 e. The van der Waals surface area contributed by atoms with E-state index in [-0.39, 0.29) is 35.6 Å². The molecule has 2 atom stereocenters. The Morgan fingerprint density at radius 2 is 1.83 bits per heavy atom. The minimum Gasteiger partial charge on any atom is -0.351 e.